The molecule has 1 atom stereocenters. The van der Waals surface area contributed by atoms with Crippen molar-refractivity contribution < 1.29 is 27.5 Å². The van der Waals surface area contributed by atoms with Crippen molar-refractivity contribution in [2.45, 2.75) is 46.2 Å². The van der Waals surface area contributed by atoms with Gasteiger partial charge >= 0.3 is 0 Å². The molecule has 0 radical (unpaired) electrons. The van der Waals surface area contributed by atoms with Crippen molar-refractivity contribution in [3.05, 3.63) is 53.6 Å². The first-order valence-corrected chi connectivity index (χ1v) is 13.7. The monoisotopic (exact) mass is 519 g/mol. The van der Waals surface area contributed by atoms with E-state index in [1.807, 2.05) is 45.0 Å². The van der Waals surface area contributed by atoms with E-state index >= 15 is 0 Å². The van der Waals surface area contributed by atoms with E-state index < -0.39 is 28.5 Å². The summed E-state index contributed by atoms with van der Waals surface area (Å²) in [6.07, 6.45) is 2.15. The quantitative estimate of drug-likeness (QED) is 0.436. The summed E-state index contributed by atoms with van der Waals surface area (Å²) in [6, 6.07) is 11.5. The van der Waals surface area contributed by atoms with Crippen LogP contribution in [-0.2, 0) is 26.2 Å². The number of amides is 2. The molecule has 0 unspecified atom stereocenters. The van der Waals surface area contributed by atoms with E-state index in [4.69, 9.17) is 9.47 Å². The number of rotatable bonds is 13. The number of carbonyl (C=O) groups excluding carboxylic acids is 2. The molecule has 9 nitrogen and oxygen atoms in total. The SMILES string of the molecule is CCCNC(=O)[C@@H](CC)N(Cc1ccccc1C)C(=O)CN(c1cc(OC)ccc1OC)S(C)(=O)=O. The Kier molecular flexibility index (Phi) is 10.6. The van der Waals surface area contributed by atoms with Crippen LogP contribution in [0, 0.1) is 6.92 Å². The Labute approximate surface area is 214 Å². The third-order valence-corrected chi connectivity index (χ3v) is 7.00. The molecule has 0 saturated carbocycles. The van der Waals surface area contributed by atoms with Gasteiger partial charge in [-0.05, 0) is 43.0 Å². The minimum Gasteiger partial charge on any atom is -0.497 e. The third kappa shape index (κ3) is 7.36. The molecule has 0 saturated heterocycles. The fraction of sp³-hybridized carbons (Fsp3) is 0.462. The molecular formula is C26H37N3O6S. The predicted molar refractivity (Wildman–Crippen MR) is 141 cm³/mol. The number of ether oxygens (including phenoxy) is 2. The molecule has 198 valence electrons. The van der Waals surface area contributed by atoms with Gasteiger partial charge in [-0.2, -0.15) is 0 Å². The number of hydrogen-bond donors (Lipinski definition) is 1. The second-order valence-corrected chi connectivity index (χ2v) is 10.4. The van der Waals surface area contributed by atoms with Gasteiger partial charge in [-0.1, -0.05) is 38.1 Å². The average Bonchev–Trinajstić information content (AvgIpc) is 2.85. The van der Waals surface area contributed by atoms with E-state index in [2.05, 4.69) is 5.32 Å². The minimum absolute atomic E-state index is 0.163. The first-order chi connectivity index (χ1) is 17.1. The highest BCUT2D eigenvalue weighted by Gasteiger charge is 2.32. The maximum atomic E-state index is 13.8. The topological polar surface area (TPSA) is 105 Å². The molecule has 2 aromatic carbocycles. The van der Waals surface area contributed by atoms with Crippen molar-refractivity contribution in [1.29, 1.82) is 0 Å². The Hall–Kier alpha value is -3.27. The van der Waals surface area contributed by atoms with Gasteiger partial charge in [0.2, 0.25) is 21.8 Å². The highest BCUT2D eigenvalue weighted by molar-refractivity contribution is 7.92. The van der Waals surface area contributed by atoms with Crippen molar-refractivity contribution in [2.24, 2.45) is 0 Å². The number of aryl methyl sites for hydroxylation is 1. The number of carbonyl (C=O) groups is 2. The minimum atomic E-state index is -3.90. The number of nitrogens with one attached hydrogen (secondary N) is 1. The van der Waals surface area contributed by atoms with Crippen LogP contribution in [0.3, 0.4) is 0 Å². The number of sulfonamides is 1. The highest BCUT2D eigenvalue weighted by Crippen LogP contribution is 2.34. The second kappa shape index (κ2) is 13.2. The lowest BCUT2D eigenvalue weighted by Crippen LogP contribution is -2.52. The van der Waals surface area contributed by atoms with Gasteiger partial charge in [-0.25, -0.2) is 8.42 Å². The van der Waals surface area contributed by atoms with Gasteiger partial charge < -0.3 is 19.7 Å². The molecule has 0 fully saturated rings. The van der Waals surface area contributed by atoms with Gasteiger partial charge in [0.05, 0.1) is 26.2 Å². The average molecular weight is 520 g/mol. The lowest BCUT2D eigenvalue weighted by atomic mass is 10.1. The van der Waals surface area contributed by atoms with Crippen LogP contribution in [0.2, 0.25) is 0 Å². The molecule has 0 heterocycles. The second-order valence-electron chi connectivity index (χ2n) is 8.47. The van der Waals surface area contributed by atoms with E-state index in [0.29, 0.717) is 18.7 Å². The molecule has 2 aromatic rings. The number of methoxy groups -OCH3 is 2. The Morgan fingerprint density at radius 3 is 2.31 bits per heavy atom. The normalized spacial score (nSPS) is 11.9. The summed E-state index contributed by atoms with van der Waals surface area (Å²) in [5.74, 6) is -0.0977. The van der Waals surface area contributed by atoms with Crippen LogP contribution in [0.15, 0.2) is 42.5 Å². The molecule has 10 heteroatoms. The molecule has 0 spiro atoms. The predicted octanol–water partition coefficient (Wildman–Crippen LogP) is 3.11. The van der Waals surface area contributed by atoms with Crippen molar-refractivity contribution in [1.82, 2.24) is 10.2 Å². The van der Waals surface area contributed by atoms with Gasteiger partial charge in [0, 0.05) is 19.2 Å². The number of anilines is 1. The van der Waals surface area contributed by atoms with Gasteiger partial charge in [0.25, 0.3) is 0 Å². The zero-order valence-electron chi connectivity index (χ0n) is 21.9. The molecule has 0 aromatic heterocycles. The molecule has 36 heavy (non-hydrogen) atoms. The maximum absolute atomic E-state index is 13.8. The number of hydrogen-bond acceptors (Lipinski definition) is 6. The maximum Gasteiger partial charge on any atom is 0.244 e. The van der Waals surface area contributed by atoms with Gasteiger partial charge in [-0.3, -0.25) is 13.9 Å². The van der Waals surface area contributed by atoms with E-state index in [9.17, 15) is 18.0 Å². The number of benzene rings is 2. The molecule has 0 aliphatic carbocycles. The van der Waals surface area contributed by atoms with Crippen LogP contribution < -0.4 is 19.1 Å². The van der Waals surface area contributed by atoms with E-state index in [-0.39, 0.29) is 23.9 Å². The fourth-order valence-electron chi connectivity index (χ4n) is 3.84. The van der Waals surface area contributed by atoms with Crippen LogP contribution in [0.25, 0.3) is 0 Å². The lowest BCUT2D eigenvalue weighted by Gasteiger charge is -2.33. The van der Waals surface area contributed by atoms with Crippen LogP contribution in [-0.4, -0.2) is 64.7 Å². The van der Waals surface area contributed by atoms with E-state index in [0.717, 1.165) is 28.1 Å². The van der Waals surface area contributed by atoms with E-state index in [1.54, 1.807) is 12.1 Å². The Balaban J connectivity index is 2.53. The largest absolute Gasteiger partial charge is 0.497 e. The Morgan fingerprint density at radius 1 is 1.06 bits per heavy atom. The summed E-state index contributed by atoms with van der Waals surface area (Å²) >= 11 is 0. The van der Waals surface area contributed by atoms with Crippen molar-refractivity contribution in [3.63, 3.8) is 0 Å². The first kappa shape index (κ1) is 29.0. The van der Waals surface area contributed by atoms with Crippen LogP contribution in [0.5, 0.6) is 11.5 Å². The zero-order valence-corrected chi connectivity index (χ0v) is 22.7. The molecular weight excluding hydrogens is 482 g/mol. The summed E-state index contributed by atoms with van der Waals surface area (Å²) in [6.45, 7) is 5.84. The number of nitrogens with zero attached hydrogens (tertiary/aromatic N) is 2. The molecule has 2 amide bonds. The summed E-state index contributed by atoms with van der Waals surface area (Å²) in [5, 5.41) is 2.87. The first-order valence-electron chi connectivity index (χ1n) is 11.9. The van der Waals surface area contributed by atoms with Crippen LogP contribution in [0.1, 0.15) is 37.8 Å². The molecule has 0 bridgehead atoms. The molecule has 2 rings (SSSR count). The van der Waals surface area contributed by atoms with Crippen molar-refractivity contribution in [3.8, 4) is 11.5 Å². The molecule has 0 aliphatic heterocycles. The van der Waals surface area contributed by atoms with E-state index in [1.165, 1.54) is 25.2 Å². The van der Waals surface area contributed by atoms with Gasteiger partial charge in [-0.15, -0.1) is 0 Å². The van der Waals surface area contributed by atoms with Gasteiger partial charge in [0.15, 0.2) is 0 Å². The smallest absolute Gasteiger partial charge is 0.244 e. The third-order valence-electron chi connectivity index (χ3n) is 5.87. The summed E-state index contributed by atoms with van der Waals surface area (Å²) in [5.41, 5.74) is 2.01. The Morgan fingerprint density at radius 2 is 1.75 bits per heavy atom. The molecule has 0 aliphatic rings. The highest BCUT2D eigenvalue weighted by atomic mass is 32.2. The van der Waals surface area contributed by atoms with Crippen molar-refractivity contribution >= 4 is 27.5 Å². The Bertz CT molecular complexity index is 1150. The lowest BCUT2D eigenvalue weighted by molar-refractivity contribution is -0.140. The fourth-order valence-corrected chi connectivity index (χ4v) is 4.69. The van der Waals surface area contributed by atoms with Crippen LogP contribution in [0.4, 0.5) is 5.69 Å². The summed E-state index contributed by atoms with van der Waals surface area (Å²) < 4.78 is 37.3. The van der Waals surface area contributed by atoms with Crippen LogP contribution >= 0.6 is 0 Å². The van der Waals surface area contributed by atoms with Crippen molar-refractivity contribution in [2.75, 3.05) is 37.9 Å². The standard InChI is InChI=1S/C26H37N3O6S/c1-7-15-27-26(31)22(8-2)28(17-20-12-10-9-11-19(20)3)25(30)18-29(36(6,32)33)23-16-21(34-4)13-14-24(23)35-5/h9-14,16,22H,7-8,15,17-18H2,1-6H3,(H,27,31)/t22-/m1/s1. The zero-order chi connectivity index (χ0) is 26.9. The summed E-state index contributed by atoms with van der Waals surface area (Å²) in [7, 11) is -1.02. The molecule has 1 N–H and O–H groups in total. The van der Waals surface area contributed by atoms with Gasteiger partial charge in [0.1, 0.15) is 24.1 Å². The summed E-state index contributed by atoms with van der Waals surface area (Å²) in [4.78, 5) is 28.3.